The third-order valence-corrected chi connectivity index (χ3v) is 6.29. The van der Waals surface area contributed by atoms with Crippen LogP contribution in [0.1, 0.15) is 28.5 Å². The Hall–Kier alpha value is -3.21. The van der Waals surface area contributed by atoms with Gasteiger partial charge in [0.05, 0.1) is 12.6 Å². The molecule has 4 heteroatoms. The van der Waals surface area contributed by atoms with Crippen molar-refractivity contribution < 1.29 is 4.52 Å². The number of benzene rings is 3. The van der Waals surface area contributed by atoms with Gasteiger partial charge in [0.2, 0.25) is 0 Å². The molecule has 1 fully saturated rings. The lowest BCUT2D eigenvalue weighted by molar-refractivity contribution is 0.0980. The molecule has 0 bridgehead atoms. The van der Waals surface area contributed by atoms with E-state index in [9.17, 15) is 0 Å². The first-order valence-electron chi connectivity index (χ1n) is 11.4. The van der Waals surface area contributed by atoms with Crippen molar-refractivity contribution in [1.82, 2.24) is 15.0 Å². The van der Waals surface area contributed by atoms with E-state index in [1.807, 2.05) is 0 Å². The summed E-state index contributed by atoms with van der Waals surface area (Å²) in [6.45, 7) is 6.96. The SMILES string of the molecule is Cc1ccc(-c2cc(CN3CCN(C(c4ccccc4)c4ccccc4)CC3)on2)cc1. The molecular formula is C28H29N3O. The van der Waals surface area contributed by atoms with Gasteiger partial charge < -0.3 is 4.52 Å². The Labute approximate surface area is 190 Å². The Morgan fingerprint density at radius 2 is 1.38 bits per heavy atom. The van der Waals surface area contributed by atoms with E-state index in [1.54, 1.807) is 0 Å². The summed E-state index contributed by atoms with van der Waals surface area (Å²) in [7, 11) is 0. The lowest BCUT2D eigenvalue weighted by Crippen LogP contribution is -2.47. The number of piperazine rings is 1. The summed E-state index contributed by atoms with van der Waals surface area (Å²) < 4.78 is 5.66. The van der Waals surface area contributed by atoms with E-state index in [2.05, 4.69) is 113 Å². The van der Waals surface area contributed by atoms with Crippen molar-refractivity contribution in [3.05, 3.63) is 113 Å². The molecule has 4 nitrogen and oxygen atoms in total. The normalized spacial score (nSPS) is 15.3. The van der Waals surface area contributed by atoms with E-state index in [0.717, 1.165) is 49.7 Å². The minimum Gasteiger partial charge on any atom is -0.359 e. The van der Waals surface area contributed by atoms with Gasteiger partial charge in [-0.1, -0.05) is 95.6 Å². The summed E-state index contributed by atoms with van der Waals surface area (Å²) in [5.41, 5.74) is 5.96. The second-order valence-corrected chi connectivity index (χ2v) is 8.58. The maximum Gasteiger partial charge on any atom is 0.151 e. The van der Waals surface area contributed by atoms with Gasteiger partial charge in [-0.15, -0.1) is 0 Å². The third kappa shape index (κ3) is 4.67. The molecule has 32 heavy (non-hydrogen) atoms. The highest BCUT2D eigenvalue weighted by atomic mass is 16.5. The zero-order chi connectivity index (χ0) is 21.8. The molecule has 1 aliphatic heterocycles. The topological polar surface area (TPSA) is 32.5 Å². The fourth-order valence-corrected chi connectivity index (χ4v) is 4.53. The van der Waals surface area contributed by atoms with Gasteiger partial charge in [-0.2, -0.15) is 0 Å². The van der Waals surface area contributed by atoms with Crippen molar-refractivity contribution in [2.24, 2.45) is 0 Å². The molecular weight excluding hydrogens is 394 g/mol. The number of hydrogen-bond donors (Lipinski definition) is 0. The highest BCUT2D eigenvalue weighted by molar-refractivity contribution is 5.59. The fourth-order valence-electron chi connectivity index (χ4n) is 4.53. The highest BCUT2D eigenvalue weighted by Crippen LogP contribution is 2.30. The van der Waals surface area contributed by atoms with Crippen LogP contribution in [0.2, 0.25) is 0 Å². The van der Waals surface area contributed by atoms with Crippen LogP contribution in [0.3, 0.4) is 0 Å². The van der Waals surface area contributed by atoms with Crippen LogP contribution in [-0.2, 0) is 6.54 Å². The number of rotatable bonds is 6. The molecule has 5 rings (SSSR count). The van der Waals surface area contributed by atoms with E-state index < -0.39 is 0 Å². The molecule has 0 amide bonds. The summed E-state index contributed by atoms with van der Waals surface area (Å²) in [6, 6.07) is 32.5. The quantitative estimate of drug-likeness (QED) is 0.407. The van der Waals surface area contributed by atoms with Crippen molar-refractivity contribution in [1.29, 1.82) is 0 Å². The van der Waals surface area contributed by atoms with Crippen LogP contribution < -0.4 is 0 Å². The smallest absolute Gasteiger partial charge is 0.151 e. The maximum absolute atomic E-state index is 5.66. The van der Waals surface area contributed by atoms with Gasteiger partial charge in [0.1, 0.15) is 5.69 Å². The van der Waals surface area contributed by atoms with E-state index in [-0.39, 0.29) is 6.04 Å². The molecule has 3 aromatic carbocycles. The predicted octanol–water partition coefficient (Wildman–Crippen LogP) is 5.56. The van der Waals surface area contributed by atoms with Crippen LogP contribution in [0.5, 0.6) is 0 Å². The summed E-state index contributed by atoms with van der Waals surface area (Å²) in [6.07, 6.45) is 0. The molecule has 1 saturated heterocycles. The van der Waals surface area contributed by atoms with Crippen molar-refractivity contribution in [2.45, 2.75) is 19.5 Å². The van der Waals surface area contributed by atoms with Gasteiger partial charge in [-0.25, -0.2) is 0 Å². The van der Waals surface area contributed by atoms with Gasteiger partial charge in [0.15, 0.2) is 5.76 Å². The first-order valence-corrected chi connectivity index (χ1v) is 11.4. The number of aryl methyl sites for hydroxylation is 1. The van der Waals surface area contributed by atoms with Gasteiger partial charge in [0, 0.05) is 37.8 Å². The van der Waals surface area contributed by atoms with Crippen molar-refractivity contribution in [3.8, 4) is 11.3 Å². The second-order valence-electron chi connectivity index (χ2n) is 8.58. The van der Waals surface area contributed by atoms with Crippen LogP contribution >= 0.6 is 0 Å². The molecule has 0 N–H and O–H groups in total. The third-order valence-electron chi connectivity index (χ3n) is 6.29. The lowest BCUT2D eigenvalue weighted by Gasteiger charge is -2.39. The van der Waals surface area contributed by atoms with E-state index in [0.29, 0.717) is 0 Å². The lowest BCUT2D eigenvalue weighted by atomic mass is 9.96. The Balaban J connectivity index is 1.25. The van der Waals surface area contributed by atoms with Crippen molar-refractivity contribution in [2.75, 3.05) is 26.2 Å². The minimum atomic E-state index is 0.290. The van der Waals surface area contributed by atoms with Gasteiger partial charge in [-0.3, -0.25) is 9.80 Å². The van der Waals surface area contributed by atoms with E-state index in [4.69, 9.17) is 4.52 Å². The van der Waals surface area contributed by atoms with Crippen LogP contribution in [0.25, 0.3) is 11.3 Å². The molecule has 1 aliphatic rings. The van der Waals surface area contributed by atoms with E-state index >= 15 is 0 Å². The van der Waals surface area contributed by atoms with Crippen LogP contribution in [0, 0.1) is 6.92 Å². The van der Waals surface area contributed by atoms with Gasteiger partial charge >= 0.3 is 0 Å². The van der Waals surface area contributed by atoms with Crippen molar-refractivity contribution >= 4 is 0 Å². The monoisotopic (exact) mass is 423 g/mol. The summed E-state index contributed by atoms with van der Waals surface area (Å²) in [5.74, 6) is 0.927. The largest absolute Gasteiger partial charge is 0.359 e. The van der Waals surface area contributed by atoms with Crippen LogP contribution in [0.4, 0.5) is 0 Å². The molecule has 0 saturated carbocycles. The molecule has 0 atom stereocenters. The fraction of sp³-hybridized carbons (Fsp3) is 0.250. The summed E-state index contributed by atoms with van der Waals surface area (Å²) >= 11 is 0. The van der Waals surface area contributed by atoms with Crippen LogP contribution in [0.15, 0.2) is 95.5 Å². The molecule has 2 heterocycles. The molecule has 0 aliphatic carbocycles. The Kier molecular flexibility index (Phi) is 6.15. The first kappa shape index (κ1) is 20.7. The van der Waals surface area contributed by atoms with Crippen LogP contribution in [-0.4, -0.2) is 41.1 Å². The van der Waals surface area contributed by atoms with Gasteiger partial charge in [0.25, 0.3) is 0 Å². The Bertz CT molecular complexity index is 1070. The molecule has 0 spiro atoms. The standard InChI is InChI=1S/C28H29N3O/c1-22-12-14-23(15-13-22)27-20-26(32-29-27)21-30-16-18-31(19-17-30)28(24-8-4-2-5-9-24)25-10-6-3-7-11-25/h2-15,20,28H,16-19,21H2,1H3. The number of aromatic nitrogens is 1. The highest BCUT2D eigenvalue weighted by Gasteiger charge is 2.26. The maximum atomic E-state index is 5.66. The molecule has 0 unspecified atom stereocenters. The van der Waals surface area contributed by atoms with Crippen molar-refractivity contribution in [3.63, 3.8) is 0 Å². The molecule has 4 aromatic rings. The number of hydrogen-bond acceptors (Lipinski definition) is 4. The average molecular weight is 424 g/mol. The van der Waals surface area contributed by atoms with E-state index in [1.165, 1.54) is 16.7 Å². The zero-order valence-electron chi connectivity index (χ0n) is 18.5. The number of nitrogens with zero attached hydrogens (tertiary/aromatic N) is 3. The average Bonchev–Trinajstić information content (AvgIpc) is 3.31. The zero-order valence-corrected chi connectivity index (χ0v) is 18.5. The first-order chi connectivity index (χ1) is 15.8. The predicted molar refractivity (Wildman–Crippen MR) is 128 cm³/mol. The Morgan fingerprint density at radius 3 is 1.97 bits per heavy atom. The molecule has 1 aromatic heterocycles. The second kappa shape index (κ2) is 9.51. The molecule has 0 radical (unpaired) electrons. The molecule has 162 valence electrons. The minimum absolute atomic E-state index is 0.290. The summed E-state index contributed by atoms with van der Waals surface area (Å²) in [4.78, 5) is 5.06. The summed E-state index contributed by atoms with van der Waals surface area (Å²) in [5, 5.41) is 4.29. The van der Waals surface area contributed by atoms with Gasteiger partial charge in [-0.05, 0) is 18.1 Å². The Morgan fingerprint density at radius 1 is 0.781 bits per heavy atom.